The lowest BCUT2D eigenvalue weighted by atomic mass is 9.79. The Morgan fingerprint density at radius 2 is 1.06 bits per heavy atom. The molecule has 11 aromatic rings. The van der Waals surface area contributed by atoms with Crippen LogP contribution in [0, 0.1) is 0 Å². The molecule has 1 N–H and O–H groups in total. The van der Waals surface area contributed by atoms with E-state index in [1.165, 1.54) is 5.56 Å². The summed E-state index contributed by atoms with van der Waals surface area (Å²) in [5.41, 5.74) is 17.7. The van der Waals surface area contributed by atoms with Crippen LogP contribution in [-0.2, 0) is 16.2 Å². The van der Waals surface area contributed by atoms with E-state index < -0.39 is 0 Å². The topological polar surface area (TPSA) is 55.9 Å². The highest BCUT2D eigenvalue weighted by Crippen LogP contribution is 2.48. The maximum absolute atomic E-state index is 12.8. The predicted molar refractivity (Wildman–Crippen MR) is 298 cm³/mol. The number of imidazole rings is 1. The van der Waals surface area contributed by atoms with Crippen molar-refractivity contribution in [3.8, 4) is 73.2 Å². The second-order valence-electron chi connectivity index (χ2n) is 22.1. The molecule has 5 nitrogen and oxygen atoms in total. The van der Waals surface area contributed by atoms with Gasteiger partial charge in [-0.3, -0.25) is 9.55 Å². The molecule has 0 amide bonds. The van der Waals surface area contributed by atoms with Gasteiger partial charge in [0.1, 0.15) is 11.6 Å². The molecule has 71 heavy (non-hydrogen) atoms. The van der Waals surface area contributed by atoms with E-state index in [4.69, 9.17) is 9.97 Å². The lowest BCUT2D eigenvalue weighted by molar-refractivity contribution is 0.446. The Balaban J connectivity index is 1.29. The second-order valence-corrected chi connectivity index (χ2v) is 22.1. The molecule has 5 heteroatoms. The average molecular weight is 925 g/mol. The highest BCUT2D eigenvalue weighted by molar-refractivity contribution is 6.19. The first kappa shape index (κ1) is 45.4. The van der Waals surface area contributed by atoms with Crippen molar-refractivity contribution in [2.24, 2.45) is 0 Å². The van der Waals surface area contributed by atoms with E-state index in [0.717, 1.165) is 100.0 Å². The summed E-state index contributed by atoms with van der Waals surface area (Å²) < 4.78 is 4.69. The number of hydrogen-bond acceptors (Lipinski definition) is 3. The van der Waals surface area contributed by atoms with E-state index in [-0.39, 0.29) is 22.0 Å². The van der Waals surface area contributed by atoms with E-state index in [2.05, 4.69) is 260 Å². The number of pyridine rings is 1. The van der Waals surface area contributed by atoms with Crippen LogP contribution >= 0.6 is 0 Å². The monoisotopic (exact) mass is 924 g/mol. The van der Waals surface area contributed by atoms with Crippen molar-refractivity contribution in [1.82, 2.24) is 19.1 Å². The number of rotatable bonds is 7. The van der Waals surface area contributed by atoms with Crippen LogP contribution in [0.1, 0.15) is 79.0 Å². The van der Waals surface area contributed by atoms with E-state index >= 15 is 0 Å². The van der Waals surface area contributed by atoms with Gasteiger partial charge in [0.15, 0.2) is 0 Å². The molecule has 11 rings (SSSR count). The molecule has 0 fully saturated rings. The number of aromatic hydroxyl groups is 1. The summed E-state index contributed by atoms with van der Waals surface area (Å²) in [4.78, 5) is 10.9. The van der Waals surface area contributed by atoms with Gasteiger partial charge in [-0.1, -0.05) is 184 Å². The van der Waals surface area contributed by atoms with Crippen molar-refractivity contribution in [1.29, 1.82) is 0 Å². The molecule has 0 spiro atoms. The zero-order valence-corrected chi connectivity index (χ0v) is 42.2. The minimum atomic E-state index is -0.351. The second kappa shape index (κ2) is 17.1. The number of hydrogen-bond donors (Lipinski definition) is 1. The fourth-order valence-electron chi connectivity index (χ4n) is 10.3. The summed E-state index contributed by atoms with van der Waals surface area (Å²) in [7, 11) is 0. The van der Waals surface area contributed by atoms with Crippen LogP contribution in [0.25, 0.3) is 100 Å². The molecule has 350 valence electrons. The van der Waals surface area contributed by atoms with Gasteiger partial charge in [-0.2, -0.15) is 0 Å². The van der Waals surface area contributed by atoms with Crippen molar-refractivity contribution >= 4 is 32.8 Å². The van der Waals surface area contributed by atoms with Gasteiger partial charge in [0.25, 0.3) is 0 Å². The zero-order valence-electron chi connectivity index (χ0n) is 42.2. The largest absolute Gasteiger partial charge is 0.507 e. The van der Waals surface area contributed by atoms with Crippen LogP contribution in [0.3, 0.4) is 0 Å². The Bertz CT molecular complexity index is 3800. The highest BCUT2D eigenvalue weighted by Gasteiger charge is 2.30. The van der Waals surface area contributed by atoms with Gasteiger partial charge in [-0.15, -0.1) is 0 Å². The Kier molecular flexibility index (Phi) is 11.0. The molecule has 8 aromatic carbocycles. The summed E-state index contributed by atoms with van der Waals surface area (Å²) in [5, 5.41) is 15.0. The Labute approximate surface area is 417 Å². The average Bonchev–Trinajstić information content (AvgIpc) is 3.92. The van der Waals surface area contributed by atoms with E-state index in [0.29, 0.717) is 11.4 Å². The highest BCUT2D eigenvalue weighted by atomic mass is 16.3. The third-order valence-electron chi connectivity index (χ3n) is 14.1. The summed E-state index contributed by atoms with van der Waals surface area (Å²) in [5.74, 6) is 0.925. The van der Waals surface area contributed by atoms with Gasteiger partial charge in [0.2, 0.25) is 0 Å². The molecule has 3 heterocycles. The molecular formula is C66H60N4O. The smallest absolute Gasteiger partial charge is 0.149 e. The van der Waals surface area contributed by atoms with Crippen LogP contribution < -0.4 is 0 Å². The lowest BCUT2D eigenvalue weighted by Gasteiger charge is -2.28. The first-order chi connectivity index (χ1) is 34.0. The summed E-state index contributed by atoms with van der Waals surface area (Å²) in [6.45, 7) is 20.0. The van der Waals surface area contributed by atoms with Crippen molar-refractivity contribution in [2.45, 2.75) is 78.6 Å². The first-order valence-corrected chi connectivity index (χ1v) is 24.8. The van der Waals surface area contributed by atoms with Gasteiger partial charge in [0, 0.05) is 44.9 Å². The summed E-state index contributed by atoms with van der Waals surface area (Å²) >= 11 is 0. The Hall–Kier alpha value is -8.02. The number of benzene rings is 8. The molecule has 0 aliphatic heterocycles. The molecule has 0 radical (unpaired) electrons. The third kappa shape index (κ3) is 8.09. The number of fused-ring (bicyclic) bond motifs is 4. The standard InChI is InChI=1S/C66H60N4O/c1-64(2,3)46-32-33-57(51(39-46)43-24-15-11-16-25-43)70-58-31-21-29-49(61(58)68-63(70)53-40-47(65(4,5)6)41-54(62(53)71)66(7,8)9)52-36-45(55-37-44(34-35-67-55)42-22-13-10-14-23-42)38-59-60(52)50-28-19-20-30-56(50)69(59)48-26-17-12-18-27-48/h10-41,71H,1-9H3. The van der Waals surface area contributed by atoms with E-state index in [1.54, 1.807) is 0 Å². The molecule has 3 aromatic heterocycles. The molecule has 0 bridgehead atoms. The third-order valence-corrected chi connectivity index (χ3v) is 14.1. The fourth-order valence-corrected chi connectivity index (χ4v) is 10.3. The maximum atomic E-state index is 12.8. The van der Waals surface area contributed by atoms with Crippen LogP contribution in [0.2, 0.25) is 0 Å². The number of phenolic OH excluding ortho intramolecular Hbond substituents is 1. The number of nitrogens with zero attached hydrogens (tertiary/aromatic N) is 4. The van der Waals surface area contributed by atoms with Gasteiger partial charge >= 0.3 is 0 Å². The van der Waals surface area contributed by atoms with Gasteiger partial charge < -0.3 is 9.67 Å². The van der Waals surface area contributed by atoms with Crippen LogP contribution in [-0.4, -0.2) is 24.2 Å². The Morgan fingerprint density at radius 3 is 1.75 bits per heavy atom. The van der Waals surface area contributed by atoms with Crippen molar-refractivity contribution in [3.63, 3.8) is 0 Å². The minimum absolute atomic E-state index is 0.0965. The molecule has 0 saturated carbocycles. The summed E-state index contributed by atoms with van der Waals surface area (Å²) in [6.07, 6.45) is 1.92. The normalized spacial score (nSPS) is 12.4. The van der Waals surface area contributed by atoms with Gasteiger partial charge in [-0.25, -0.2) is 4.98 Å². The SMILES string of the molecule is CC(C)(C)c1ccc(-n2c(-c3cc(C(C)(C)C)cc(C(C)(C)C)c3O)nc3c(-c4cc(-c5cc(-c6ccccc6)ccn5)cc5c4c4ccccc4n5-c4ccccc4)cccc32)c(-c2ccccc2)c1. The van der Waals surface area contributed by atoms with Crippen molar-refractivity contribution < 1.29 is 5.11 Å². The van der Waals surface area contributed by atoms with Crippen LogP contribution in [0.4, 0.5) is 0 Å². The fraction of sp³-hybridized carbons (Fsp3) is 0.182. The minimum Gasteiger partial charge on any atom is -0.507 e. The number of aromatic nitrogens is 4. The Morgan fingerprint density at radius 1 is 0.423 bits per heavy atom. The quantitative estimate of drug-likeness (QED) is 0.173. The van der Waals surface area contributed by atoms with Crippen molar-refractivity contribution in [2.75, 3.05) is 0 Å². The van der Waals surface area contributed by atoms with Gasteiger partial charge in [0.05, 0.1) is 39.0 Å². The zero-order chi connectivity index (χ0) is 49.4. The van der Waals surface area contributed by atoms with Crippen LogP contribution in [0.5, 0.6) is 5.75 Å². The van der Waals surface area contributed by atoms with Crippen molar-refractivity contribution in [3.05, 3.63) is 211 Å². The van der Waals surface area contributed by atoms with E-state index in [1.807, 2.05) is 6.20 Å². The lowest BCUT2D eigenvalue weighted by Crippen LogP contribution is -2.17. The molecule has 0 saturated heterocycles. The van der Waals surface area contributed by atoms with Gasteiger partial charge in [-0.05, 0) is 116 Å². The number of phenols is 1. The predicted octanol–water partition coefficient (Wildman–Crippen LogP) is 17.5. The van der Waals surface area contributed by atoms with E-state index in [9.17, 15) is 5.11 Å². The first-order valence-electron chi connectivity index (χ1n) is 24.8. The maximum Gasteiger partial charge on any atom is 0.149 e. The summed E-state index contributed by atoms with van der Waals surface area (Å²) in [6, 6.07) is 67.3. The van der Waals surface area contributed by atoms with Crippen LogP contribution in [0.15, 0.2) is 194 Å². The molecule has 0 aliphatic rings. The molecular weight excluding hydrogens is 865 g/mol. The molecule has 0 atom stereocenters. The number of para-hydroxylation sites is 3. The molecule has 0 aliphatic carbocycles. The molecule has 0 unspecified atom stereocenters.